The van der Waals surface area contributed by atoms with Crippen molar-refractivity contribution in [3.05, 3.63) is 29.3 Å². The third kappa shape index (κ3) is 6.75. The van der Waals surface area contributed by atoms with Crippen molar-refractivity contribution in [1.82, 2.24) is 5.32 Å². The number of amides is 1. The number of carboxylic acids is 1. The van der Waals surface area contributed by atoms with Gasteiger partial charge < -0.3 is 20.1 Å². The van der Waals surface area contributed by atoms with Crippen molar-refractivity contribution >= 4 is 40.8 Å². The summed E-state index contributed by atoms with van der Waals surface area (Å²) in [6.45, 7) is 2.63. The number of nitrogens with one attached hydrogen (secondary N) is 1. The molecule has 1 N–H and O–H groups in total. The van der Waals surface area contributed by atoms with E-state index in [0.29, 0.717) is 30.4 Å². The predicted molar refractivity (Wildman–Crippen MR) is 82.2 cm³/mol. The van der Waals surface area contributed by atoms with Crippen LogP contribution in [0.5, 0.6) is 0 Å². The van der Waals surface area contributed by atoms with Crippen LogP contribution in [0.2, 0.25) is 0 Å². The van der Waals surface area contributed by atoms with Crippen LogP contribution in [0.25, 0.3) is 0 Å². The molecule has 22 heavy (non-hydrogen) atoms. The van der Waals surface area contributed by atoms with Crippen molar-refractivity contribution in [3.63, 3.8) is 0 Å². The number of aryl methyl sites for hydroxylation is 1. The van der Waals surface area contributed by atoms with Gasteiger partial charge in [0.05, 0.1) is 12.5 Å². The first-order valence-electron chi connectivity index (χ1n) is 6.45. The van der Waals surface area contributed by atoms with E-state index in [1.807, 2.05) is 11.8 Å². The molecule has 0 aliphatic rings. The molecule has 0 saturated carbocycles. The Labute approximate surface area is 162 Å². The van der Waals surface area contributed by atoms with E-state index in [1.165, 1.54) is 0 Å². The molecule has 0 bridgehead atoms. The minimum atomic E-state index is -1.33. The number of rotatable bonds is 8. The smallest absolute Gasteiger partial charge is 0.548 e. The number of halogens is 2. The van der Waals surface area contributed by atoms with Crippen LogP contribution in [-0.4, -0.2) is 43.3 Å². The second-order valence-electron chi connectivity index (χ2n) is 4.42. The first-order valence-corrected chi connectivity index (χ1v) is 7.52. The third-order valence-corrected chi connectivity index (χ3v) is 3.25. The zero-order valence-electron chi connectivity index (χ0n) is 12.7. The fourth-order valence-corrected chi connectivity index (χ4v) is 2.31. The molecule has 0 aliphatic carbocycles. The number of carbonyl (C=O) groups excluding carboxylic acids is 2. The molecule has 0 unspecified atom stereocenters. The molecular weight excluding hydrogens is 338 g/mol. The molecular formula is C14H17Cl2N2NaO3. The molecule has 1 aromatic carbocycles. The van der Waals surface area contributed by atoms with Crippen LogP contribution in [-0.2, 0) is 4.79 Å². The standard InChI is InChI=1S/C14H18Cl2N2O3.Na/c1-10-2-3-11(14(21)17-9-13(19)20)8-12(10)18(6-4-15)7-5-16;/h2-3,8H,4-7,9H2,1H3,(H,17,21)(H,19,20);/q;+1/p-1. The van der Waals surface area contributed by atoms with Gasteiger partial charge in [-0.3, -0.25) is 4.79 Å². The second-order valence-corrected chi connectivity index (χ2v) is 5.18. The number of alkyl halides is 2. The molecule has 8 heteroatoms. The first-order chi connectivity index (χ1) is 9.99. The van der Waals surface area contributed by atoms with Crippen LogP contribution in [0.4, 0.5) is 5.69 Å². The fourth-order valence-electron chi connectivity index (χ4n) is 1.90. The van der Waals surface area contributed by atoms with Crippen molar-refractivity contribution in [2.75, 3.05) is 36.3 Å². The Morgan fingerprint density at radius 2 is 1.82 bits per heavy atom. The van der Waals surface area contributed by atoms with Gasteiger partial charge in [0, 0.05) is 36.1 Å². The normalized spacial score (nSPS) is 9.77. The van der Waals surface area contributed by atoms with Crippen molar-refractivity contribution in [1.29, 1.82) is 0 Å². The van der Waals surface area contributed by atoms with E-state index in [-0.39, 0.29) is 29.6 Å². The number of nitrogens with zero attached hydrogens (tertiary/aromatic N) is 1. The quantitative estimate of drug-likeness (QED) is 0.423. The average Bonchev–Trinajstić information content (AvgIpc) is 2.45. The number of benzene rings is 1. The van der Waals surface area contributed by atoms with Gasteiger partial charge in [0.1, 0.15) is 0 Å². The van der Waals surface area contributed by atoms with E-state index in [9.17, 15) is 14.7 Å². The summed E-state index contributed by atoms with van der Waals surface area (Å²) >= 11 is 11.6. The van der Waals surface area contributed by atoms with Crippen molar-refractivity contribution in [3.8, 4) is 0 Å². The van der Waals surface area contributed by atoms with E-state index < -0.39 is 18.4 Å². The van der Waals surface area contributed by atoms with Gasteiger partial charge in [-0.25, -0.2) is 0 Å². The summed E-state index contributed by atoms with van der Waals surface area (Å²) < 4.78 is 0. The van der Waals surface area contributed by atoms with Gasteiger partial charge in [0.2, 0.25) is 0 Å². The molecule has 0 fully saturated rings. The maximum absolute atomic E-state index is 11.9. The van der Waals surface area contributed by atoms with Crippen LogP contribution in [0.3, 0.4) is 0 Å². The molecule has 0 radical (unpaired) electrons. The number of hydrogen-bond acceptors (Lipinski definition) is 4. The molecule has 0 aromatic heterocycles. The Morgan fingerprint density at radius 1 is 1.23 bits per heavy atom. The summed E-state index contributed by atoms with van der Waals surface area (Å²) in [5.41, 5.74) is 2.23. The minimum absolute atomic E-state index is 0. The zero-order chi connectivity index (χ0) is 15.8. The van der Waals surface area contributed by atoms with E-state index in [0.717, 1.165) is 11.3 Å². The van der Waals surface area contributed by atoms with Crippen LogP contribution in [0.15, 0.2) is 18.2 Å². The number of carboxylic acid groups (broad SMARTS) is 1. The Bertz CT molecular complexity index is 509. The first kappa shape index (κ1) is 21.5. The van der Waals surface area contributed by atoms with Crippen LogP contribution < -0.4 is 44.9 Å². The Kier molecular flexibility index (Phi) is 10.9. The van der Waals surface area contributed by atoms with Crippen molar-refractivity contribution < 1.29 is 44.3 Å². The molecule has 116 valence electrons. The molecule has 0 saturated heterocycles. The maximum Gasteiger partial charge on any atom is 1.00 e. The predicted octanol–water partition coefficient (Wildman–Crippen LogP) is -2.24. The summed E-state index contributed by atoms with van der Waals surface area (Å²) in [7, 11) is 0. The molecule has 1 amide bonds. The Morgan fingerprint density at radius 3 is 2.32 bits per heavy atom. The number of carbonyl (C=O) groups is 2. The van der Waals surface area contributed by atoms with Gasteiger partial charge in [-0.2, -0.15) is 0 Å². The van der Waals surface area contributed by atoms with E-state index in [1.54, 1.807) is 18.2 Å². The largest absolute Gasteiger partial charge is 1.00 e. The van der Waals surface area contributed by atoms with Crippen molar-refractivity contribution in [2.24, 2.45) is 0 Å². The average molecular weight is 355 g/mol. The Hall–Kier alpha value is -0.460. The zero-order valence-corrected chi connectivity index (χ0v) is 16.2. The number of hydrogen-bond donors (Lipinski definition) is 1. The molecule has 0 spiro atoms. The third-order valence-electron chi connectivity index (χ3n) is 2.91. The molecule has 1 rings (SSSR count). The summed E-state index contributed by atoms with van der Waals surface area (Å²) in [5.74, 6) is -0.909. The summed E-state index contributed by atoms with van der Waals surface area (Å²) in [4.78, 5) is 24.2. The SMILES string of the molecule is Cc1ccc(C(=O)NCC(=O)[O-])cc1N(CCCl)CCCl.[Na+]. The fraction of sp³-hybridized carbons (Fsp3) is 0.429. The van der Waals surface area contributed by atoms with Gasteiger partial charge in [-0.05, 0) is 24.6 Å². The van der Waals surface area contributed by atoms with Gasteiger partial charge in [-0.1, -0.05) is 6.07 Å². The van der Waals surface area contributed by atoms with E-state index >= 15 is 0 Å². The van der Waals surface area contributed by atoms with Crippen LogP contribution in [0.1, 0.15) is 15.9 Å². The Balaban J connectivity index is 0.00000441. The number of aliphatic carboxylic acids is 1. The molecule has 1 aromatic rings. The molecule has 0 atom stereocenters. The monoisotopic (exact) mass is 354 g/mol. The minimum Gasteiger partial charge on any atom is -0.548 e. The summed E-state index contributed by atoms with van der Waals surface area (Å²) in [6.07, 6.45) is 0. The van der Waals surface area contributed by atoms with Crippen molar-refractivity contribution in [2.45, 2.75) is 6.92 Å². The summed E-state index contributed by atoms with van der Waals surface area (Å²) in [6, 6.07) is 5.15. The van der Waals surface area contributed by atoms with Crippen LogP contribution >= 0.6 is 23.2 Å². The van der Waals surface area contributed by atoms with E-state index in [2.05, 4.69) is 5.32 Å². The van der Waals surface area contributed by atoms with Gasteiger partial charge >= 0.3 is 29.6 Å². The topological polar surface area (TPSA) is 72.5 Å². The number of anilines is 1. The molecule has 5 nitrogen and oxygen atoms in total. The van der Waals surface area contributed by atoms with Crippen LogP contribution in [0, 0.1) is 6.92 Å². The van der Waals surface area contributed by atoms with E-state index in [4.69, 9.17) is 23.2 Å². The van der Waals surface area contributed by atoms with Gasteiger partial charge in [0.15, 0.2) is 0 Å². The second kappa shape index (κ2) is 11.1. The maximum atomic E-state index is 11.9. The van der Waals surface area contributed by atoms with Gasteiger partial charge in [0.25, 0.3) is 5.91 Å². The summed E-state index contributed by atoms with van der Waals surface area (Å²) in [5, 5.41) is 12.6. The van der Waals surface area contributed by atoms with Gasteiger partial charge in [-0.15, -0.1) is 23.2 Å². The molecule has 0 heterocycles. The molecule has 0 aliphatic heterocycles.